The maximum atomic E-state index is 12.6. The number of nitrogens with zero attached hydrogens (tertiary/aromatic N) is 2. The Labute approximate surface area is 203 Å². The van der Waals surface area contributed by atoms with Gasteiger partial charge in [-0.3, -0.25) is 9.97 Å². The summed E-state index contributed by atoms with van der Waals surface area (Å²) >= 11 is 0. The van der Waals surface area contributed by atoms with Crippen LogP contribution in [-0.4, -0.2) is 35.7 Å². The quantitative estimate of drug-likeness (QED) is 0.335. The average molecular weight is 464 g/mol. The molecule has 0 amide bonds. The van der Waals surface area contributed by atoms with Gasteiger partial charge in [-0.25, -0.2) is 4.79 Å². The topological polar surface area (TPSA) is 87.3 Å². The molecule has 5 rings (SSSR count). The van der Waals surface area contributed by atoms with Gasteiger partial charge in [-0.1, -0.05) is 48.5 Å². The molecular weight excluding hydrogens is 438 g/mol. The van der Waals surface area contributed by atoms with E-state index in [2.05, 4.69) is 28.2 Å². The van der Waals surface area contributed by atoms with E-state index in [1.807, 2.05) is 60.8 Å². The molecule has 2 heterocycles. The molecule has 6 nitrogen and oxygen atoms in total. The van der Waals surface area contributed by atoms with E-state index < -0.39 is 5.97 Å². The number of rotatable bonds is 7. The Hall–Kier alpha value is -4.29. The van der Waals surface area contributed by atoms with Crippen LogP contribution in [0.1, 0.15) is 15.9 Å². The largest absolute Gasteiger partial charge is 0.492 e. The third-order valence-corrected chi connectivity index (χ3v) is 6.00. The number of ether oxygens (including phenoxy) is 2. The Morgan fingerprint density at radius 2 is 1.80 bits per heavy atom. The van der Waals surface area contributed by atoms with E-state index in [-0.39, 0.29) is 6.04 Å². The average Bonchev–Trinajstić information content (AvgIpc) is 2.91. The Bertz CT molecular complexity index is 1500. The highest BCUT2D eigenvalue weighted by atomic mass is 16.5. The fraction of sp³-hybridized carbons (Fsp3) is 0.138. The second-order valence-corrected chi connectivity index (χ2v) is 8.41. The highest BCUT2D eigenvalue weighted by Crippen LogP contribution is 2.30. The van der Waals surface area contributed by atoms with E-state index in [9.17, 15) is 4.79 Å². The normalized spacial score (nSPS) is 11.9. The Balaban J connectivity index is 1.29. The lowest BCUT2D eigenvalue weighted by Gasteiger charge is -2.15. The molecule has 0 saturated carbocycles. The van der Waals surface area contributed by atoms with Gasteiger partial charge in [0.15, 0.2) is 0 Å². The predicted molar refractivity (Wildman–Crippen MR) is 137 cm³/mol. The Morgan fingerprint density at radius 3 is 2.63 bits per heavy atom. The second kappa shape index (κ2) is 9.91. The zero-order valence-corrected chi connectivity index (χ0v) is 19.3. The molecule has 5 aromatic rings. The van der Waals surface area contributed by atoms with Crippen molar-refractivity contribution in [2.24, 2.45) is 5.73 Å². The molecule has 0 aliphatic carbocycles. The summed E-state index contributed by atoms with van der Waals surface area (Å²) in [6.45, 7) is 0.388. The predicted octanol–water partition coefficient (Wildman–Crippen LogP) is 5.19. The molecule has 3 aromatic carbocycles. The number of esters is 1. The first-order chi connectivity index (χ1) is 17.1. The second-order valence-electron chi connectivity index (χ2n) is 8.41. The van der Waals surface area contributed by atoms with Crippen molar-refractivity contribution < 1.29 is 14.3 Å². The summed E-state index contributed by atoms with van der Waals surface area (Å²) in [6.07, 6.45) is 6.07. The van der Waals surface area contributed by atoms with Crippen LogP contribution in [0.5, 0.6) is 5.75 Å². The molecule has 2 N–H and O–H groups in total. The number of methoxy groups -OCH3 is 1. The van der Waals surface area contributed by atoms with E-state index in [1.165, 1.54) is 7.11 Å². The SMILES string of the molecule is COC(=O)c1c(-c2ccc(OC[C@H](N)Cc3ccc4cnccc4c3)cc2)cnc2ccccc12. The van der Waals surface area contributed by atoms with E-state index in [1.54, 1.807) is 12.4 Å². The van der Waals surface area contributed by atoms with Crippen molar-refractivity contribution in [2.75, 3.05) is 13.7 Å². The molecule has 0 radical (unpaired) electrons. The molecule has 0 unspecified atom stereocenters. The first-order valence-corrected chi connectivity index (χ1v) is 11.4. The molecule has 6 heteroatoms. The third kappa shape index (κ3) is 4.83. The lowest BCUT2D eigenvalue weighted by Crippen LogP contribution is -2.30. The van der Waals surface area contributed by atoms with Crippen LogP contribution in [0.2, 0.25) is 0 Å². The van der Waals surface area contributed by atoms with Crippen molar-refractivity contribution >= 4 is 27.6 Å². The summed E-state index contributed by atoms with van der Waals surface area (Å²) in [6, 6.07) is 23.2. The first-order valence-electron chi connectivity index (χ1n) is 11.4. The zero-order chi connectivity index (χ0) is 24.2. The van der Waals surface area contributed by atoms with Crippen LogP contribution in [-0.2, 0) is 11.2 Å². The fourth-order valence-corrected chi connectivity index (χ4v) is 4.24. The van der Waals surface area contributed by atoms with E-state index in [0.717, 1.165) is 32.8 Å². The highest BCUT2D eigenvalue weighted by Gasteiger charge is 2.18. The van der Waals surface area contributed by atoms with Crippen LogP contribution < -0.4 is 10.5 Å². The van der Waals surface area contributed by atoms with Gasteiger partial charge in [-0.05, 0) is 47.2 Å². The van der Waals surface area contributed by atoms with Gasteiger partial charge in [0.1, 0.15) is 12.4 Å². The maximum Gasteiger partial charge on any atom is 0.339 e. The first kappa shape index (κ1) is 22.5. The van der Waals surface area contributed by atoms with Gasteiger partial charge in [-0.15, -0.1) is 0 Å². The summed E-state index contributed by atoms with van der Waals surface area (Å²) in [5.41, 5.74) is 10.3. The molecule has 0 fully saturated rings. The minimum Gasteiger partial charge on any atom is -0.492 e. The molecule has 35 heavy (non-hydrogen) atoms. The van der Waals surface area contributed by atoms with E-state index in [4.69, 9.17) is 15.2 Å². The van der Waals surface area contributed by atoms with Crippen LogP contribution in [0.15, 0.2) is 91.4 Å². The molecule has 0 aliphatic rings. The minimum absolute atomic E-state index is 0.149. The lowest BCUT2D eigenvalue weighted by atomic mass is 9.98. The van der Waals surface area contributed by atoms with Crippen LogP contribution >= 0.6 is 0 Å². The van der Waals surface area contributed by atoms with Crippen molar-refractivity contribution in [2.45, 2.75) is 12.5 Å². The number of carbonyl (C=O) groups is 1. The number of hydrogen-bond donors (Lipinski definition) is 1. The van der Waals surface area contributed by atoms with Gasteiger partial charge in [0, 0.05) is 41.0 Å². The summed E-state index contributed by atoms with van der Waals surface area (Å²) < 4.78 is 11.0. The van der Waals surface area contributed by atoms with Gasteiger partial charge in [0.05, 0.1) is 18.2 Å². The number of hydrogen-bond acceptors (Lipinski definition) is 6. The number of pyridine rings is 2. The molecule has 0 aliphatic heterocycles. The van der Waals surface area contributed by atoms with Gasteiger partial charge < -0.3 is 15.2 Å². The van der Waals surface area contributed by atoms with Gasteiger partial charge in [-0.2, -0.15) is 0 Å². The molecular formula is C29H25N3O3. The van der Waals surface area contributed by atoms with Crippen LogP contribution in [0.4, 0.5) is 0 Å². The maximum absolute atomic E-state index is 12.6. The van der Waals surface area contributed by atoms with Crippen molar-refractivity contribution in [3.05, 3.63) is 103 Å². The molecule has 0 bridgehead atoms. The van der Waals surface area contributed by atoms with Gasteiger partial charge >= 0.3 is 5.97 Å². The number of fused-ring (bicyclic) bond motifs is 2. The van der Waals surface area contributed by atoms with E-state index >= 15 is 0 Å². The van der Waals surface area contributed by atoms with Crippen LogP contribution in [0.25, 0.3) is 32.8 Å². The number of benzene rings is 3. The van der Waals surface area contributed by atoms with Crippen molar-refractivity contribution in [3.8, 4) is 16.9 Å². The van der Waals surface area contributed by atoms with Crippen molar-refractivity contribution in [1.29, 1.82) is 0 Å². The van der Waals surface area contributed by atoms with Gasteiger partial charge in [0.25, 0.3) is 0 Å². The Kier molecular flexibility index (Phi) is 6.37. The molecule has 174 valence electrons. The lowest BCUT2D eigenvalue weighted by molar-refractivity contribution is 0.0604. The molecule has 2 aromatic heterocycles. The molecule has 0 spiro atoms. The minimum atomic E-state index is -0.394. The zero-order valence-electron chi connectivity index (χ0n) is 19.3. The fourth-order valence-electron chi connectivity index (χ4n) is 4.24. The van der Waals surface area contributed by atoms with E-state index in [0.29, 0.717) is 29.9 Å². The van der Waals surface area contributed by atoms with Crippen LogP contribution in [0.3, 0.4) is 0 Å². The summed E-state index contributed by atoms with van der Waals surface area (Å²) in [5.74, 6) is 0.317. The Morgan fingerprint density at radius 1 is 0.971 bits per heavy atom. The number of carbonyl (C=O) groups excluding carboxylic acids is 1. The van der Waals surface area contributed by atoms with Gasteiger partial charge in [0.2, 0.25) is 0 Å². The summed E-state index contributed by atoms with van der Waals surface area (Å²) in [7, 11) is 1.39. The van der Waals surface area contributed by atoms with Crippen LogP contribution in [0, 0.1) is 0 Å². The van der Waals surface area contributed by atoms with Crippen molar-refractivity contribution in [1.82, 2.24) is 9.97 Å². The molecule has 0 saturated heterocycles. The number of nitrogens with two attached hydrogens (primary N) is 1. The summed E-state index contributed by atoms with van der Waals surface area (Å²) in [5, 5.41) is 3.02. The standard InChI is InChI=1S/C29H25N3O3/c1-34-29(33)28-25-4-2-3-5-27(25)32-17-26(28)20-8-10-24(11-9-20)35-18-23(30)15-19-6-7-22-16-31-13-12-21(22)14-19/h2-14,16-17,23H,15,18,30H2,1H3/t23-/m1/s1. The highest BCUT2D eigenvalue weighted by molar-refractivity contribution is 6.09. The monoisotopic (exact) mass is 463 g/mol. The number of para-hydroxylation sites is 1. The number of aromatic nitrogens is 2. The summed E-state index contributed by atoms with van der Waals surface area (Å²) in [4.78, 5) is 21.3. The van der Waals surface area contributed by atoms with Crippen molar-refractivity contribution in [3.63, 3.8) is 0 Å². The third-order valence-electron chi connectivity index (χ3n) is 6.00. The molecule has 1 atom stereocenters. The smallest absolute Gasteiger partial charge is 0.339 e.